The van der Waals surface area contributed by atoms with Crippen LogP contribution in [-0.4, -0.2) is 6.85 Å². The standard InChI is InChI=1S/C36H21BN2/c1-2-10-22(11-3-1)38-31-19-9-16-28-25-14-6-7-17-29(25)39-30-18-8-15-26-23-12-4-5-13-24(23)27-20-21-32(38)36(34(27)33(26)30)37(39)35(28)31/h1-21H. The summed E-state index contributed by atoms with van der Waals surface area (Å²) in [6, 6.07) is 47.2. The Bertz CT molecular complexity index is 2200. The Labute approximate surface area is 226 Å². The van der Waals surface area contributed by atoms with Gasteiger partial charge < -0.3 is 9.71 Å². The first-order valence-corrected chi connectivity index (χ1v) is 13.7. The van der Waals surface area contributed by atoms with E-state index < -0.39 is 0 Å². The second-order valence-corrected chi connectivity index (χ2v) is 10.9. The van der Waals surface area contributed by atoms with Crippen molar-refractivity contribution >= 4 is 78.5 Å². The Morgan fingerprint density at radius 3 is 1.87 bits per heavy atom. The zero-order valence-electron chi connectivity index (χ0n) is 21.1. The number of rotatable bonds is 1. The predicted molar refractivity (Wildman–Crippen MR) is 166 cm³/mol. The highest BCUT2D eigenvalue weighted by molar-refractivity contribution is 6.96. The Morgan fingerprint density at radius 1 is 0.385 bits per heavy atom. The molecule has 0 saturated heterocycles. The molecule has 0 aliphatic carbocycles. The number of fused-ring (bicyclic) bond motifs is 7. The Balaban J connectivity index is 1.50. The van der Waals surface area contributed by atoms with Crippen LogP contribution < -0.4 is 20.6 Å². The second-order valence-electron chi connectivity index (χ2n) is 10.9. The lowest BCUT2D eigenvalue weighted by atomic mass is 9.41. The molecule has 0 fully saturated rings. The van der Waals surface area contributed by atoms with Crippen molar-refractivity contribution in [1.29, 1.82) is 0 Å². The Hall–Kier alpha value is -5.02. The quantitative estimate of drug-likeness (QED) is 0.169. The van der Waals surface area contributed by atoms with E-state index in [9.17, 15) is 0 Å². The van der Waals surface area contributed by atoms with Gasteiger partial charge in [0.05, 0.1) is 0 Å². The van der Waals surface area contributed by atoms with Crippen LogP contribution in [0.4, 0.5) is 28.4 Å². The predicted octanol–water partition coefficient (Wildman–Crippen LogP) is 8.17. The number of hydrogen-bond donors (Lipinski definition) is 0. The molecule has 39 heavy (non-hydrogen) atoms. The van der Waals surface area contributed by atoms with Crippen molar-refractivity contribution in [2.75, 3.05) is 9.71 Å². The zero-order valence-corrected chi connectivity index (χ0v) is 21.1. The zero-order chi connectivity index (χ0) is 25.2. The van der Waals surface area contributed by atoms with Gasteiger partial charge in [0.2, 0.25) is 0 Å². The van der Waals surface area contributed by atoms with Gasteiger partial charge in [-0.3, -0.25) is 0 Å². The molecular formula is C36H21BN2. The fraction of sp³-hybridized carbons (Fsp3) is 0. The first-order valence-electron chi connectivity index (χ1n) is 13.7. The van der Waals surface area contributed by atoms with Crippen LogP contribution in [0, 0.1) is 0 Å². The second kappa shape index (κ2) is 6.89. The van der Waals surface area contributed by atoms with Crippen molar-refractivity contribution in [2.45, 2.75) is 0 Å². The van der Waals surface area contributed by atoms with Gasteiger partial charge in [0.1, 0.15) is 0 Å². The van der Waals surface area contributed by atoms with Crippen LogP contribution in [0.15, 0.2) is 127 Å². The monoisotopic (exact) mass is 492 g/mol. The molecule has 178 valence electrons. The van der Waals surface area contributed by atoms with Gasteiger partial charge in [0.15, 0.2) is 0 Å². The minimum atomic E-state index is 0.115. The van der Waals surface area contributed by atoms with E-state index in [2.05, 4.69) is 137 Å². The highest BCUT2D eigenvalue weighted by Gasteiger charge is 2.48. The van der Waals surface area contributed by atoms with Gasteiger partial charge in [0.25, 0.3) is 0 Å². The topological polar surface area (TPSA) is 6.48 Å². The third-order valence-electron chi connectivity index (χ3n) is 9.12. The average Bonchev–Trinajstić information content (AvgIpc) is 3.01. The highest BCUT2D eigenvalue weighted by atomic mass is 15.2. The number of para-hydroxylation sites is 2. The maximum atomic E-state index is 2.63. The molecule has 0 aromatic heterocycles. The molecule has 0 bridgehead atoms. The van der Waals surface area contributed by atoms with Crippen molar-refractivity contribution in [3.8, 4) is 11.1 Å². The number of hydrogen-bond acceptors (Lipinski definition) is 2. The third-order valence-corrected chi connectivity index (χ3v) is 9.12. The van der Waals surface area contributed by atoms with E-state index in [0.29, 0.717) is 0 Å². The molecule has 3 aliphatic rings. The minimum Gasteiger partial charge on any atom is -0.376 e. The normalized spacial score (nSPS) is 14.0. The van der Waals surface area contributed by atoms with Gasteiger partial charge in [0, 0.05) is 39.4 Å². The van der Waals surface area contributed by atoms with Gasteiger partial charge >= 0.3 is 6.85 Å². The van der Waals surface area contributed by atoms with Crippen molar-refractivity contribution in [1.82, 2.24) is 0 Å². The summed E-state index contributed by atoms with van der Waals surface area (Å²) in [5.41, 5.74) is 11.8. The number of anilines is 5. The summed E-state index contributed by atoms with van der Waals surface area (Å²) in [7, 11) is 0. The van der Waals surface area contributed by atoms with Crippen molar-refractivity contribution < 1.29 is 0 Å². The molecule has 0 unspecified atom stereocenters. The molecule has 0 radical (unpaired) electrons. The number of benzene rings is 7. The van der Waals surface area contributed by atoms with Crippen LogP contribution >= 0.6 is 0 Å². The summed E-state index contributed by atoms with van der Waals surface area (Å²) >= 11 is 0. The van der Waals surface area contributed by atoms with Gasteiger partial charge in [-0.25, -0.2) is 0 Å². The summed E-state index contributed by atoms with van der Waals surface area (Å²) in [6.07, 6.45) is 0. The van der Waals surface area contributed by atoms with Crippen LogP contribution in [0.25, 0.3) is 43.4 Å². The van der Waals surface area contributed by atoms with Crippen LogP contribution in [-0.2, 0) is 0 Å². The van der Waals surface area contributed by atoms with E-state index in [4.69, 9.17) is 0 Å². The van der Waals surface area contributed by atoms with E-state index in [1.807, 2.05) is 0 Å². The molecule has 3 aliphatic heterocycles. The fourth-order valence-corrected chi connectivity index (χ4v) is 7.73. The van der Waals surface area contributed by atoms with Crippen molar-refractivity contribution in [2.24, 2.45) is 0 Å². The highest BCUT2D eigenvalue weighted by Crippen LogP contribution is 2.52. The summed E-state index contributed by atoms with van der Waals surface area (Å²) < 4.78 is 0. The first kappa shape index (κ1) is 20.0. The Morgan fingerprint density at radius 2 is 1.00 bits per heavy atom. The molecule has 7 aromatic carbocycles. The van der Waals surface area contributed by atoms with Crippen molar-refractivity contribution in [3.63, 3.8) is 0 Å². The van der Waals surface area contributed by atoms with E-state index >= 15 is 0 Å². The molecule has 3 heterocycles. The molecule has 0 saturated carbocycles. The summed E-state index contributed by atoms with van der Waals surface area (Å²) in [4.78, 5) is 5.12. The van der Waals surface area contributed by atoms with E-state index in [0.717, 1.165) is 0 Å². The van der Waals surface area contributed by atoms with Crippen molar-refractivity contribution in [3.05, 3.63) is 127 Å². The largest absolute Gasteiger partial charge is 0.376 e. The van der Waals surface area contributed by atoms with Crippen LogP contribution in [0.2, 0.25) is 0 Å². The van der Waals surface area contributed by atoms with E-state index in [-0.39, 0.29) is 6.85 Å². The fourth-order valence-electron chi connectivity index (χ4n) is 7.73. The van der Waals surface area contributed by atoms with Crippen LogP contribution in [0.3, 0.4) is 0 Å². The smallest absolute Gasteiger partial charge is 0.333 e. The summed E-state index contributed by atoms with van der Waals surface area (Å²) in [5.74, 6) is 0. The first-order chi connectivity index (χ1) is 19.4. The Kier molecular flexibility index (Phi) is 3.54. The molecular weight excluding hydrogens is 471 g/mol. The van der Waals surface area contributed by atoms with Crippen LogP contribution in [0.1, 0.15) is 0 Å². The summed E-state index contributed by atoms with van der Waals surface area (Å²) in [5, 5.41) is 8.09. The molecule has 0 spiro atoms. The molecule has 10 rings (SSSR count). The molecule has 2 nitrogen and oxygen atoms in total. The molecule has 7 aromatic rings. The lowest BCUT2D eigenvalue weighted by Crippen LogP contribution is -2.62. The maximum absolute atomic E-state index is 2.63. The molecule has 0 amide bonds. The van der Waals surface area contributed by atoms with Gasteiger partial charge in [-0.15, -0.1) is 0 Å². The van der Waals surface area contributed by atoms with Gasteiger partial charge in [-0.05, 0) is 79.8 Å². The maximum Gasteiger partial charge on any atom is 0.333 e. The average molecular weight is 492 g/mol. The third kappa shape index (κ3) is 2.27. The van der Waals surface area contributed by atoms with Crippen LogP contribution in [0.5, 0.6) is 0 Å². The minimum absolute atomic E-state index is 0.115. The van der Waals surface area contributed by atoms with E-state index in [1.54, 1.807) is 0 Å². The summed E-state index contributed by atoms with van der Waals surface area (Å²) in [6.45, 7) is 0.115. The van der Waals surface area contributed by atoms with Gasteiger partial charge in [-0.2, -0.15) is 0 Å². The molecule has 3 heteroatoms. The molecule has 0 atom stereocenters. The van der Waals surface area contributed by atoms with E-state index in [1.165, 1.54) is 82.8 Å². The SMILES string of the molecule is c1ccc(N2c3cccc4c3B3c5c2ccc2c6ccccc6c6cccc(c6c52)N3c2ccccc2-4)cc1. The number of nitrogens with zero attached hydrogens (tertiary/aromatic N) is 2. The lowest BCUT2D eigenvalue weighted by Gasteiger charge is -2.48. The lowest BCUT2D eigenvalue weighted by molar-refractivity contribution is 1.27. The molecule has 0 N–H and O–H groups in total. The van der Waals surface area contributed by atoms with Gasteiger partial charge in [-0.1, -0.05) is 91.0 Å².